The van der Waals surface area contributed by atoms with Gasteiger partial charge >= 0.3 is 5.97 Å². The molecule has 0 aromatic heterocycles. The smallest absolute Gasteiger partial charge is 0.309 e. The Morgan fingerprint density at radius 2 is 2.11 bits per heavy atom. The van der Waals surface area contributed by atoms with Gasteiger partial charge in [-0.3, -0.25) is 4.79 Å². The van der Waals surface area contributed by atoms with E-state index >= 15 is 0 Å². The number of aromatic hydroxyl groups is 1. The molecule has 1 rings (SSSR count). The van der Waals surface area contributed by atoms with Crippen molar-refractivity contribution >= 4 is 5.97 Å². The molecule has 0 radical (unpaired) electrons. The third-order valence-electron chi connectivity index (χ3n) is 2.85. The summed E-state index contributed by atoms with van der Waals surface area (Å²) < 4.78 is 10.2. The number of rotatable bonds is 6. The molecule has 0 amide bonds. The molecule has 0 spiro atoms. The zero-order valence-electron chi connectivity index (χ0n) is 11.1. The number of methoxy groups -OCH3 is 1. The first kappa shape index (κ1) is 14.4. The number of phenols is 1. The highest BCUT2D eigenvalue weighted by Crippen LogP contribution is 2.27. The van der Waals surface area contributed by atoms with Gasteiger partial charge in [0.05, 0.1) is 19.6 Å². The molecular weight excluding hydrogens is 232 g/mol. The van der Waals surface area contributed by atoms with Crippen LogP contribution in [0.1, 0.15) is 25.8 Å². The van der Waals surface area contributed by atoms with Crippen LogP contribution < -0.4 is 4.74 Å². The zero-order valence-corrected chi connectivity index (χ0v) is 11.1. The van der Waals surface area contributed by atoms with Crippen LogP contribution in [0.4, 0.5) is 0 Å². The molecule has 0 aliphatic carbocycles. The van der Waals surface area contributed by atoms with E-state index in [2.05, 4.69) is 0 Å². The Morgan fingerprint density at radius 1 is 1.39 bits per heavy atom. The average molecular weight is 252 g/mol. The second kappa shape index (κ2) is 6.89. The molecule has 4 heteroatoms. The molecule has 0 heterocycles. The summed E-state index contributed by atoms with van der Waals surface area (Å²) in [6.07, 6.45) is 1.27. The first-order valence-electron chi connectivity index (χ1n) is 6.14. The Kier molecular flexibility index (Phi) is 5.49. The van der Waals surface area contributed by atoms with Gasteiger partial charge in [-0.2, -0.15) is 0 Å². The number of phenolic OH excluding ortho intramolecular Hbond substituents is 1. The van der Waals surface area contributed by atoms with Crippen LogP contribution in [-0.2, 0) is 16.0 Å². The van der Waals surface area contributed by atoms with E-state index in [9.17, 15) is 9.90 Å². The van der Waals surface area contributed by atoms with Gasteiger partial charge in [0.15, 0.2) is 0 Å². The van der Waals surface area contributed by atoms with Crippen molar-refractivity contribution in [1.82, 2.24) is 0 Å². The Labute approximate surface area is 108 Å². The van der Waals surface area contributed by atoms with Crippen LogP contribution in [0.2, 0.25) is 0 Å². The van der Waals surface area contributed by atoms with Crippen molar-refractivity contribution in [3.63, 3.8) is 0 Å². The number of esters is 1. The highest BCUT2D eigenvalue weighted by Gasteiger charge is 2.20. The molecule has 4 nitrogen and oxygen atoms in total. The van der Waals surface area contributed by atoms with Gasteiger partial charge < -0.3 is 14.6 Å². The second-order valence-corrected chi connectivity index (χ2v) is 4.06. The monoisotopic (exact) mass is 252 g/mol. The molecule has 0 saturated carbocycles. The number of hydrogen-bond acceptors (Lipinski definition) is 4. The lowest BCUT2D eigenvalue weighted by Gasteiger charge is -2.15. The minimum absolute atomic E-state index is 0.153. The minimum Gasteiger partial charge on any atom is -0.508 e. The average Bonchev–Trinajstić information content (AvgIpc) is 2.37. The lowest BCUT2D eigenvalue weighted by Crippen LogP contribution is -2.19. The summed E-state index contributed by atoms with van der Waals surface area (Å²) in [5.74, 6) is 0.385. The molecule has 1 unspecified atom stereocenters. The van der Waals surface area contributed by atoms with Crippen molar-refractivity contribution in [1.29, 1.82) is 0 Å². The molecule has 1 aromatic carbocycles. The fraction of sp³-hybridized carbons (Fsp3) is 0.500. The second-order valence-electron chi connectivity index (χ2n) is 4.06. The van der Waals surface area contributed by atoms with E-state index in [0.717, 1.165) is 5.56 Å². The van der Waals surface area contributed by atoms with Gasteiger partial charge in [-0.1, -0.05) is 13.0 Å². The molecular formula is C14H20O4. The highest BCUT2D eigenvalue weighted by molar-refractivity contribution is 5.73. The molecule has 0 aliphatic rings. The Hall–Kier alpha value is -1.71. The molecule has 1 N–H and O–H groups in total. The first-order valence-corrected chi connectivity index (χ1v) is 6.14. The van der Waals surface area contributed by atoms with Gasteiger partial charge in [-0.15, -0.1) is 0 Å². The molecule has 0 fully saturated rings. The first-order chi connectivity index (χ1) is 8.62. The summed E-state index contributed by atoms with van der Waals surface area (Å²) in [6.45, 7) is 4.14. The molecule has 1 aromatic rings. The molecule has 0 saturated heterocycles. The van der Waals surface area contributed by atoms with Crippen LogP contribution in [0.25, 0.3) is 0 Å². The number of benzene rings is 1. The number of ether oxygens (including phenoxy) is 2. The number of hydrogen-bond donors (Lipinski definition) is 1. The van der Waals surface area contributed by atoms with Crippen molar-refractivity contribution < 1.29 is 19.4 Å². The molecule has 0 bridgehead atoms. The molecule has 1 atom stereocenters. The molecule has 18 heavy (non-hydrogen) atoms. The lowest BCUT2D eigenvalue weighted by molar-refractivity contribution is -0.148. The van der Waals surface area contributed by atoms with E-state index < -0.39 is 0 Å². The fourth-order valence-corrected chi connectivity index (χ4v) is 1.82. The van der Waals surface area contributed by atoms with Gasteiger partial charge in [0, 0.05) is 6.07 Å². The Bertz CT molecular complexity index is 401. The van der Waals surface area contributed by atoms with Crippen LogP contribution in [-0.4, -0.2) is 24.8 Å². The van der Waals surface area contributed by atoms with Gasteiger partial charge in [0.25, 0.3) is 0 Å². The van der Waals surface area contributed by atoms with E-state index in [4.69, 9.17) is 9.47 Å². The quantitative estimate of drug-likeness (QED) is 0.790. The maximum Gasteiger partial charge on any atom is 0.309 e. The topological polar surface area (TPSA) is 55.8 Å². The normalized spacial score (nSPS) is 11.9. The van der Waals surface area contributed by atoms with Crippen LogP contribution in [0, 0.1) is 5.92 Å². The van der Waals surface area contributed by atoms with Gasteiger partial charge in [-0.25, -0.2) is 0 Å². The van der Waals surface area contributed by atoms with Crippen molar-refractivity contribution in [3.05, 3.63) is 23.8 Å². The Balaban J connectivity index is 2.84. The van der Waals surface area contributed by atoms with E-state index in [1.807, 2.05) is 6.92 Å². The number of carbonyl (C=O) groups excluding carboxylic acids is 1. The predicted octanol–water partition coefficient (Wildman–Crippen LogP) is 2.53. The van der Waals surface area contributed by atoms with Gasteiger partial charge in [-0.05, 0) is 31.4 Å². The van der Waals surface area contributed by atoms with Crippen LogP contribution in [0.15, 0.2) is 18.2 Å². The zero-order chi connectivity index (χ0) is 13.5. The maximum atomic E-state index is 11.7. The van der Waals surface area contributed by atoms with Gasteiger partial charge in [0.2, 0.25) is 0 Å². The summed E-state index contributed by atoms with van der Waals surface area (Å²) in [7, 11) is 1.55. The van der Waals surface area contributed by atoms with E-state index in [-0.39, 0.29) is 17.6 Å². The number of carbonyl (C=O) groups is 1. The fourth-order valence-electron chi connectivity index (χ4n) is 1.82. The third kappa shape index (κ3) is 3.65. The molecule has 100 valence electrons. The van der Waals surface area contributed by atoms with E-state index in [1.165, 1.54) is 0 Å². The van der Waals surface area contributed by atoms with Crippen LogP contribution >= 0.6 is 0 Å². The Morgan fingerprint density at radius 3 is 2.67 bits per heavy atom. The van der Waals surface area contributed by atoms with Crippen molar-refractivity contribution in [2.45, 2.75) is 26.7 Å². The maximum absolute atomic E-state index is 11.7. The van der Waals surface area contributed by atoms with Crippen LogP contribution in [0.3, 0.4) is 0 Å². The van der Waals surface area contributed by atoms with Crippen molar-refractivity contribution in [2.24, 2.45) is 5.92 Å². The lowest BCUT2D eigenvalue weighted by atomic mass is 9.96. The van der Waals surface area contributed by atoms with Crippen molar-refractivity contribution in [2.75, 3.05) is 13.7 Å². The summed E-state index contributed by atoms with van der Waals surface area (Å²) in [5, 5.41) is 9.38. The van der Waals surface area contributed by atoms with E-state index in [1.54, 1.807) is 32.2 Å². The van der Waals surface area contributed by atoms with Crippen LogP contribution in [0.5, 0.6) is 11.5 Å². The third-order valence-corrected chi connectivity index (χ3v) is 2.85. The summed E-state index contributed by atoms with van der Waals surface area (Å²) in [4.78, 5) is 11.7. The highest BCUT2D eigenvalue weighted by atomic mass is 16.5. The summed E-state index contributed by atoms with van der Waals surface area (Å²) in [6, 6.07) is 4.92. The largest absolute Gasteiger partial charge is 0.508 e. The van der Waals surface area contributed by atoms with Gasteiger partial charge in [0.1, 0.15) is 11.5 Å². The predicted molar refractivity (Wildman–Crippen MR) is 68.8 cm³/mol. The minimum atomic E-state index is -0.185. The summed E-state index contributed by atoms with van der Waals surface area (Å²) in [5.41, 5.74) is 0.898. The standard InChI is InChI=1S/C14H20O4/c1-4-10(14(16)18-5-2)8-11-6-7-12(15)9-13(11)17-3/h6-7,9-10,15H,4-5,8H2,1-3H3. The van der Waals surface area contributed by atoms with Crippen molar-refractivity contribution in [3.8, 4) is 11.5 Å². The SMILES string of the molecule is CCOC(=O)C(CC)Cc1ccc(O)cc1OC. The van der Waals surface area contributed by atoms with E-state index in [0.29, 0.717) is 25.2 Å². The summed E-state index contributed by atoms with van der Waals surface area (Å²) >= 11 is 0. The molecule has 0 aliphatic heterocycles.